The molecule has 0 heterocycles. The van der Waals surface area contributed by atoms with E-state index in [2.05, 4.69) is 26.0 Å². The number of allylic oxidation sites excluding steroid dienone is 2. The van der Waals surface area contributed by atoms with Crippen LogP contribution in [-0.4, -0.2) is 0 Å². The van der Waals surface area contributed by atoms with Gasteiger partial charge in [0.2, 0.25) is 0 Å². The number of aryl methyl sites for hydroxylation is 2. The van der Waals surface area contributed by atoms with E-state index in [0.29, 0.717) is 5.56 Å². The molecule has 0 radical (unpaired) electrons. The van der Waals surface area contributed by atoms with Gasteiger partial charge >= 0.3 is 0 Å². The van der Waals surface area contributed by atoms with Gasteiger partial charge in [-0.25, -0.2) is 4.39 Å². The molecule has 2 rings (SSSR count). The lowest BCUT2D eigenvalue weighted by Crippen LogP contribution is -2.01. The van der Waals surface area contributed by atoms with Crippen LogP contribution in [-0.2, 0) is 0 Å². The quantitative estimate of drug-likeness (QED) is 0.551. The summed E-state index contributed by atoms with van der Waals surface area (Å²) in [7, 11) is 0. The zero-order valence-corrected chi connectivity index (χ0v) is 11.3. The predicted molar refractivity (Wildman–Crippen MR) is 72.6 cm³/mol. The molecular formula is C16H23F. The number of hydrogen-bond acceptors (Lipinski definition) is 0. The van der Waals surface area contributed by atoms with Gasteiger partial charge in [-0.15, -0.1) is 0 Å². The van der Waals surface area contributed by atoms with Crippen LogP contribution in [0.3, 0.4) is 0 Å². The molecule has 0 fully saturated rings. The third kappa shape index (κ3) is 5.16. The van der Waals surface area contributed by atoms with Gasteiger partial charge in [0.25, 0.3) is 0 Å². The lowest BCUT2D eigenvalue weighted by molar-refractivity contribution is 0.502. The van der Waals surface area contributed by atoms with Crippen molar-refractivity contribution in [2.24, 2.45) is 11.8 Å². The molecule has 0 saturated carbocycles. The lowest BCUT2D eigenvalue weighted by Gasteiger charge is -2.15. The maximum absolute atomic E-state index is 12.6. The molecule has 1 aliphatic rings. The first-order valence-corrected chi connectivity index (χ1v) is 6.40. The highest BCUT2D eigenvalue weighted by atomic mass is 19.1. The van der Waals surface area contributed by atoms with Crippen LogP contribution < -0.4 is 0 Å². The first-order valence-electron chi connectivity index (χ1n) is 6.40. The van der Waals surface area contributed by atoms with Gasteiger partial charge in [0.15, 0.2) is 0 Å². The Balaban J connectivity index is 0.000000171. The molecule has 1 aliphatic carbocycles. The Morgan fingerprint density at radius 1 is 1.00 bits per heavy atom. The Kier molecular flexibility index (Phi) is 5.40. The summed E-state index contributed by atoms with van der Waals surface area (Å²) in [6.45, 7) is 8.20. The standard InChI is InChI=1S/C8H9F.C8H14/c1-6-3-4-7(2)8(9)5-6;1-7-3-5-8(2)6-4-7/h3-5H,1-2H3;3,5,7-8H,4,6H2,1-2H3. The van der Waals surface area contributed by atoms with Crippen molar-refractivity contribution in [3.8, 4) is 0 Å². The van der Waals surface area contributed by atoms with E-state index in [-0.39, 0.29) is 5.82 Å². The van der Waals surface area contributed by atoms with Crippen LogP contribution >= 0.6 is 0 Å². The van der Waals surface area contributed by atoms with Gasteiger partial charge in [-0.1, -0.05) is 38.1 Å². The van der Waals surface area contributed by atoms with Crippen LogP contribution in [0, 0.1) is 31.5 Å². The number of halogens is 1. The van der Waals surface area contributed by atoms with Crippen LogP contribution in [0.1, 0.15) is 37.8 Å². The second kappa shape index (κ2) is 6.58. The largest absolute Gasteiger partial charge is 0.207 e. The number of rotatable bonds is 0. The maximum Gasteiger partial charge on any atom is 0.126 e. The normalized spacial score (nSPS) is 22.9. The van der Waals surface area contributed by atoms with E-state index in [0.717, 1.165) is 17.4 Å². The summed E-state index contributed by atoms with van der Waals surface area (Å²) in [6, 6.07) is 5.22. The minimum Gasteiger partial charge on any atom is -0.207 e. The van der Waals surface area contributed by atoms with E-state index in [1.807, 2.05) is 13.0 Å². The lowest BCUT2D eigenvalue weighted by atomic mass is 9.91. The Morgan fingerprint density at radius 3 is 1.88 bits per heavy atom. The maximum atomic E-state index is 12.6. The Morgan fingerprint density at radius 2 is 1.53 bits per heavy atom. The molecule has 94 valence electrons. The van der Waals surface area contributed by atoms with Gasteiger partial charge in [0.05, 0.1) is 0 Å². The Hall–Kier alpha value is -1.11. The van der Waals surface area contributed by atoms with Gasteiger partial charge in [-0.2, -0.15) is 0 Å². The topological polar surface area (TPSA) is 0 Å². The predicted octanol–water partition coefficient (Wildman–Crippen LogP) is 5.05. The SMILES string of the molecule is CC1C=CC(C)CC1.Cc1ccc(C)c(F)c1. The molecule has 0 bridgehead atoms. The van der Waals surface area contributed by atoms with Gasteiger partial charge in [-0.05, 0) is 55.7 Å². The van der Waals surface area contributed by atoms with E-state index >= 15 is 0 Å². The van der Waals surface area contributed by atoms with Gasteiger partial charge in [0, 0.05) is 0 Å². The van der Waals surface area contributed by atoms with Crippen molar-refractivity contribution in [3.05, 3.63) is 47.3 Å². The van der Waals surface area contributed by atoms with Crippen LogP contribution in [0.5, 0.6) is 0 Å². The molecule has 0 saturated heterocycles. The van der Waals surface area contributed by atoms with E-state index in [9.17, 15) is 4.39 Å². The number of benzene rings is 1. The molecule has 1 aromatic carbocycles. The van der Waals surface area contributed by atoms with E-state index in [1.54, 1.807) is 13.0 Å². The van der Waals surface area contributed by atoms with Gasteiger partial charge < -0.3 is 0 Å². The fourth-order valence-corrected chi connectivity index (χ4v) is 1.80. The molecule has 0 spiro atoms. The molecule has 0 aliphatic heterocycles. The summed E-state index contributed by atoms with van der Waals surface area (Å²) in [5, 5.41) is 0. The van der Waals surface area contributed by atoms with E-state index in [4.69, 9.17) is 0 Å². The van der Waals surface area contributed by atoms with Crippen LogP contribution in [0.15, 0.2) is 30.4 Å². The zero-order chi connectivity index (χ0) is 12.8. The summed E-state index contributed by atoms with van der Waals surface area (Å²) >= 11 is 0. The van der Waals surface area contributed by atoms with Crippen molar-refractivity contribution < 1.29 is 4.39 Å². The van der Waals surface area contributed by atoms with Crippen molar-refractivity contribution in [3.63, 3.8) is 0 Å². The second-order valence-corrected chi connectivity index (χ2v) is 5.17. The monoisotopic (exact) mass is 234 g/mol. The molecule has 17 heavy (non-hydrogen) atoms. The summed E-state index contributed by atoms with van der Waals surface area (Å²) in [6.07, 6.45) is 7.43. The molecule has 1 aromatic rings. The summed E-state index contributed by atoms with van der Waals surface area (Å²) in [5.74, 6) is 1.56. The van der Waals surface area contributed by atoms with Crippen molar-refractivity contribution in [2.45, 2.75) is 40.5 Å². The van der Waals surface area contributed by atoms with Gasteiger partial charge in [0.1, 0.15) is 5.82 Å². The van der Waals surface area contributed by atoms with Crippen molar-refractivity contribution in [1.82, 2.24) is 0 Å². The van der Waals surface area contributed by atoms with Crippen molar-refractivity contribution in [2.75, 3.05) is 0 Å². The van der Waals surface area contributed by atoms with Crippen LogP contribution in [0.25, 0.3) is 0 Å². The highest BCUT2D eigenvalue weighted by Crippen LogP contribution is 2.20. The second-order valence-electron chi connectivity index (χ2n) is 5.17. The van der Waals surface area contributed by atoms with Crippen LogP contribution in [0.2, 0.25) is 0 Å². The molecule has 2 atom stereocenters. The minimum absolute atomic E-state index is 0.116. The third-order valence-electron chi connectivity index (χ3n) is 3.17. The van der Waals surface area contributed by atoms with Crippen molar-refractivity contribution in [1.29, 1.82) is 0 Å². The minimum atomic E-state index is -0.116. The zero-order valence-electron chi connectivity index (χ0n) is 11.3. The molecule has 1 heteroatoms. The number of hydrogen-bond donors (Lipinski definition) is 0. The van der Waals surface area contributed by atoms with Gasteiger partial charge in [-0.3, -0.25) is 0 Å². The first kappa shape index (κ1) is 14.0. The molecular weight excluding hydrogens is 211 g/mol. The average molecular weight is 234 g/mol. The smallest absolute Gasteiger partial charge is 0.126 e. The summed E-state index contributed by atoms with van der Waals surface area (Å²) < 4.78 is 12.6. The fraction of sp³-hybridized carbons (Fsp3) is 0.500. The molecule has 0 amide bonds. The van der Waals surface area contributed by atoms with Crippen molar-refractivity contribution >= 4 is 0 Å². The highest BCUT2D eigenvalue weighted by Gasteiger charge is 2.06. The molecule has 2 unspecified atom stereocenters. The highest BCUT2D eigenvalue weighted by molar-refractivity contribution is 5.21. The molecule has 0 N–H and O–H groups in total. The average Bonchev–Trinajstić information content (AvgIpc) is 2.29. The summed E-state index contributed by atoms with van der Waals surface area (Å²) in [5.41, 5.74) is 1.68. The molecule has 0 nitrogen and oxygen atoms in total. The third-order valence-corrected chi connectivity index (χ3v) is 3.17. The van der Waals surface area contributed by atoms with Crippen LogP contribution in [0.4, 0.5) is 4.39 Å². The Bertz CT molecular complexity index is 367. The molecule has 0 aromatic heterocycles. The van der Waals surface area contributed by atoms with E-state index in [1.165, 1.54) is 18.9 Å². The fourth-order valence-electron chi connectivity index (χ4n) is 1.80. The Labute approximate surface area is 105 Å². The summed E-state index contributed by atoms with van der Waals surface area (Å²) in [4.78, 5) is 0. The first-order chi connectivity index (χ1) is 7.99. The van der Waals surface area contributed by atoms with E-state index < -0.39 is 0 Å².